The molecule has 2 aromatic rings. The first-order valence-electron chi connectivity index (χ1n) is 4.25. The molecule has 0 fully saturated rings. The molecule has 0 aliphatic carbocycles. The molecule has 1 aromatic carbocycles. The molecule has 0 amide bonds. The molecule has 0 spiro atoms. The molecule has 2 rings (SSSR count). The van der Waals surface area contributed by atoms with E-state index in [1.807, 2.05) is 36.4 Å². The fourth-order valence-corrected chi connectivity index (χ4v) is 1.19. The minimum absolute atomic E-state index is 0.857. The fraction of sp³-hybridized carbons (Fsp3) is 0. The Bertz CT molecular complexity index is 396. The van der Waals surface area contributed by atoms with E-state index in [4.69, 9.17) is 5.84 Å². The number of nitrogens with one attached hydrogen (secondary N) is 1. The number of rotatable bonds is 2. The Hall–Kier alpha value is -1.94. The molecule has 4 nitrogen and oxygen atoms in total. The van der Waals surface area contributed by atoms with Crippen molar-refractivity contribution in [3.8, 4) is 11.3 Å². The molecule has 0 unspecified atom stereocenters. The number of benzene rings is 1. The summed E-state index contributed by atoms with van der Waals surface area (Å²) in [7, 11) is 0. The molecule has 0 radical (unpaired) electrons. The topological polar surface area (TPSA) is 63.8 Å². The highest BCUT2D eigenvalue weighted by Gasteiger charge is 1.97. The highest BCUT2D eigenvalue weighted by atomic mass is 15.2. The number of hydrogen-bond donors (Lipinski definition) is 2. The molecule has 14 heavy (non-hydrogen) atoms. The summed E-state index contributed by atoms with van der Waals surface area (Å²) >= 11 is 0. The maximum absolute atomic E-state index is 5.26. The summed E-state index contributed by atoms with van der Waals surface area (Å²) in [4.78, 5) is 0. The molecule has 0 aliphatic heterocycles. The summed E-state index contributed by atoms with van der Waals surface area (Å²) in [5.74, 6) is 5.26. The van der Waals surface area contributed by atoms with E-state index < -0.39 is 0 Å². The van der Waals surface area contributed by atoms with Crippen LogP contribution in [-0.2, 0) is 0 Å². The summed E-state index contributed by atoms with van der Waals surface area (Å²) < 4.78 is 0. The van der Waals surface area contributed by atoms with E-state index in [2.05, 4.69) is 15.6 Å². The predicted molar refractivity (Wildman–Crippen MR) is 55.3 cm³/mol. The molecule has 0 bridgehead atoms. The van der Waals surface area contributed by atoms with Gasteiger partial charge in [-0.2, -0.15) is 10.2 Å². The van der Waals surface area contributed by atoms with E-state index in [1.54, 1.807) is 6.20 Å². The largest absolute Gasteiger partial charge is 0.324 e. The van der Waals surface area contributed by atoms with Crippen molar-refractivity contribution in [2.75, 3.05) is 5.43 Å². The van der Waals surface area contributed by atoms with Crippen LogP contribution in [0.2, 0.25) is 0 Å². The summed E-state index contributed by atoms with van der Waals surface area (Å²) in [6, 6.07) is 11.4. The highest BCUT2D eigenvalue weighted by Crippen LogP contribution is 2.17. The number of anilines is 1. The Balaban J connectivity index is 2.34. The lowest BCUT2D eigenvalue weighted by molar-refractivity contribution is 1.04. The minimum Gasteiger partial charge on any atom is -0.324 e. The highest BCUT2D eigenvalue weighted by molar-refractivity contribution is 5.61. The van der Waals surface area contributed by atoms with Gasteiger partial charge in [0.25, 0.3) is 0 Å². The van der Waals surface area contributed by atoms with Gasteiger partial charge in [-0.05, 0) is 24.3 Å². The van der Waals surface area contributed by atoms with Crippen molar-refractivity contribution >= 4 is 5.69 Å². The molecule has 1 heterocycles. The number of hydrazine groups is 1. The van der Waals surface area contributed by atoms with Crippen LogP contribution in [0.1, 0.15) is 0 Å². The average molecular weight is 186 g/mol. The van der Waals surface area contributed by atoms with Gasteiger partial charge in [-0.1, -0.05) is 12.1 Å². The van der Waals surface area contributed by atoms with E-state index in [0.29, 0.717) is 0 Å². The van der Waals surface area contributed by atoms with Crippen molar-refractivity contribution in [3.05, 3.63) is 42.6 Å². The molecule has 0 aliphatic rings. The average Bonchev–Trinajstić information content (AvgIpc) is 2.30. The van der Waals surface area contributed by atoms with Gasteiger partial charge in [0.2, 0.25) is 0 Å². The Morgan fingerprint density at radius 3 is 2.43 bits per heavy atom. The SMILES string of the molecule is NNc1ccc(-c2cccnn2)cc1. The van der Waals surface area contributed by atoms with Crippen LogP contribution in [0.4, 0.5) is 5.69 Å². The number of nitrogens with zero attached hydrogens (tertiary/aromatic N) is 2. The molecule has 3 N–H and O–H groups in total. The van der Waals surface area contributed by atoms with Gasteiger partial charge < -0.3 is 5.43 Å². The number of nitrogens with two attached hydrogens (primary N) is 1. The van der Waals surface area contributed by atoms with Crippen molar-refractivity contribution in [1.82, 2.24) is 10.2 Å². The number of hydrogen-bond acceptors (Lipinski definition) is 4. The van der Waals surface area contributed by atoms with Gasteiger partial charge in [0, 0.05) is 17.4 Å². The van der Waals surface area contributed by atoms with Gasteiger partial charge in [-0.25, -0.2) is 0 Å². The van der Waals surface area contributed by atoms with Crippen molar-refractivity contribution in [3.63, 3.8) is 0 Å². The Kier molecular flexibility index (Phi) is 2.38. The first-order valence-corrected chi connectivity index (χ1v) is 4.25. The normalized spacial score (nSPS) is 9.79. The van der Waals surface area contributed by atoms with E-state index in [0.717, 1.165) is 16.9 Å². The zero-order chi connectivity index (χ0) is 9.80. The maximum Gasteiger partial charge on any atom is 0.0929 e. The summed E-state index contributed by atoms with van der Waals surface area (Å²) in [6.45, 7) is 0. The van der Waals surface area contributed by atoms with Crippen LogP contribution in [-0.4, -0.2) is 10.2 Å². The third-order valence-corrected chi connectivity index (χ3v) is 1.92. The van der Waals surface area contributed by atoms with E-state index >= 15 is 0 Å². The summed E-state index contributed by atoms with van der Waals surface area (Å²) in [5, 5.41) is 7.82. The van der Waals surface area contributed by atoms with E-state index in [9.17, 15) is 0 Å². The zero-order valence-electron chi connectivity index (χ0n) is 7.51. The standard InChI is InChI=1S/C10H10N4/c11-13-9-5-3-8(4-6-9)10-2-1-7-12-14-10/h1-7,13H,11H2. The van der Waals surface area contributed by atoms with Gasteiger partial charge in [0.05, 0.1) is 5.69 Å². The van der Waals surface area contributed by atoms with Crippen LogP contribution >= 0.6 is 0 Å². The number of nitrogen functional groups attached to an aromatic ring is 1. The van der Waals surface area contributed by atoms with Gasteiger partial charge in [0.1, 0.15) is 0 Å². The van der Waals surface area contributed by atoms with Crippen molar-refractivity contribution < 1.29 is 0 Å². The molecule has 0 saturated carbocycles. The molecule has 4 heteroatoms. The molecule has 0 saturated heterocycles. The Morgan fingerprint density at radius 2 is 1.86 bits per heavy atom. The van der Waals surface area contributed by atoms with Crippen molar-refractivity contribution in [2.24, 2.45) is 5.84 Å². The van der Waals surface area contributed by atoms with Crippen LogP contribution in [0.3, 0.4) is 0 Å². The van der Waals surface area contributed by atoms with Crippen LogP contribution < -0.4 is 11.3 Å². The quantitative estimate of drug-likeness (QED) is 0.550. The molecule has 1 aromatic heterocycles. The second-order valence-corrected chi connectivity index (χ2v) is 2.83. The van der Waals surface area contributed by atoms with E-state index in [1.165, 1.54) is 0 Å². The van der Waals surface area contributed by atoms with Gasteiger partial charge >= 0.3 is 0 Å². The molecular formula is C10H10N4. The van der Waals surface area contributed by atoms with Crippen LogP contribution in [0.25, 0.3) is 11.3 Å². The lowest BCUT2D eigenvalue weighted by atomic mass is 10.1. The summed E-state index contributed by atoms with van der Waals surface area (Å²) in [5.41, 5.74) is 5.32. The third-order valence-electron chi connectivity index (χ3n) is 1.92. The second kappa shape index (κ2) is 3.85. The second-order valence-electron chi connectivity index (χ2n) is 2.83. The molecule has 70 valence electrons. The lowest BCUT2D eigenvalue weighted by Gasteiger charge is -2.01. The minimum atomic E-state index is 0.857. The van der Waals surface area contributed by atoms with Gasteiger partial charge in [-0.15, -0.1) is 0 Å². The lowest BCUT2D eigenvalue weighted by Crippen LogP contribution is -2.06. The molecule has 0 atom stereocenters. The fourth-order valence-electron chi connectivity index (χ4n) is 1.19. The Morgan fingerprint density at radius 1 is 1.07 bits per heavy atom. The third kappa shape index (κ3) is 1.70. The van der Waals surface area contributed by atoms with Crippen molar-refractivity contribution in [1.29, 1.82) is 0 Å². The van der Waals surface area contributed by atoms with Gasteiger partial charge in [0.15, 0.2) is 0 Å². The van der Waals surface area contributed by atoms with Gasteiger partial charge in [-0.3, -0.25) is 5.84 Å². The first kappa shape index (κ1) is 8.65. The van der Waals surface area contributed by atoms with Crippen molar-refractivity contribution in [2.45, 2.75) is 0 Å². The number of aromatic nitrogens is 2. The maximum atomic E-state index is 5.26. The van der Waals surface area contributed by atoms with E-state index in [-0.39, 0.29) is 0 Å². The predicted octanol–water partition coefficient (Wildman–Crippen LogP) is 1.43. The first-order chi connectivity index (χ1) is 6.90. The zero-order valence-corrected chi connectivity index (χ0v) is 7.51. The van der Waals surface area contributed by atoms with Crippen LogP contribution in [0.5, 0.6) is 0 Å². The Labute approximate surface area is 81.8 Å². The molecular weight excluding hydrogens is 176 g/mol. The van der Waals surface area contributed by atoms with Crippen LogP contribution in [0, 0.1) is 0 Å². The van der Waals surface area contributed by atoms with Crippen LogP contribution in [0.15, 0.2) is 42.6 Å². The smallest absolute Gasteiger partial charge is 0.0929 e. The monoisotopic (exact) mass is 186 g/mol. The summed E-state index contributed by atoms with van der Waals surface area (Å²) in [6.07, 6.45) is 1.65.